The highest BCUT2D eigenvalue weighted by Crippen LogP contribution is 2.43. The van der Waals surface area contributed by atoms with Crippen molar-refractivity contribution in [2.45, 2.75) is 24.5 Å². The van der Waals surface area contributed by atoms with Crippen LogP contribution in [0.5, 0.6) is 17.2 Å². The van der Waals surface area contributed by atoms with E-state index in [1.54, 1.807) is 6.07 Å². The molecule has 0 saturated carbocycles. The first kappa shape index (κ1) is 17.2. The molecule has 1 N–H and O–H groups in total. The molecule has 2 amide bonds. The van der Waals surface area contributed by atoms with Gasteiger partial charge >= 0.3 is 0 Å². The first-order chi connectivity index (χ1) is 12.5. The van der Waals surface area contributed by atoms with Gasteiger partial charge in [0.05, 0.1) is 11.6 Å². The van der Waals surface area contributed by atoms with Crippen molar-refractivity contribution >= 4 is 34.5 Å². The van der Waals surface area contributed by atoms with Gasteiger partial charge in [-0.1, -0.05) is 35.5 Å². The van der Waals surface area contributed by atoms with Gasteiger partial charge in [-0.2, -0.15) is 0 Å². The second kappa shape index (κ2) is 6.85. The summed E-state index contributed by atoms with van der Waals surface area (Å²) in [6.45, 7) is 2.45. The minimum atomic E-state index is -0.413. The Morgan fingerprint density at radius 1 is 1.23 bits per heavy atom. The number of benzene rings is 2. The number of amides is 2. The standard InChI is InChI=1S/C19H16ClNO4S/c1-10-2-5-15(14(20)8-10)25-11-3-4-12-13(6-7-24-16(12)9-11)17-18(22)21-19(23)26-17/h2-5,8-9,13,17H,6-7H2,1H3,(H,21,22,23). The lowest BCUT2D eigenvalue weighted by Crippen LogP contribution is -2.31. The van der Waals surface area contributed by atoms with E-state index in [0.29, 0.717) is 35.3 Å². The summed E-state index contributed by atoms with van der Waals surface area (Å²) in [5.74, 6) is 1.56. The highest BCUT2D eigenvalue weighted by molar-refractivity contribution is 8.15. The predicted octanol–water partition coefficient (Wildman–Crippen LogP) is 4.66. The van der Waals surface area contributed by atoms with Crippen molar-refractivity contribution in [3.8, 4) is 17.2 Å². The van der Waals surface area contributed by atoms with Crippen molar-refractivity contribution in [1.82, 2.24) is 5.32 Å². The van der Waals surface area contributed by atoms with Crippen LogP contribution in [0, 0.1) is 6.92 Å². The summed E-state index contributed by atoms with van der Waals surface area (Å²) in [6.07, 6.45) is 0.690. The number of nitrogens with one attached hydrogen (secondary N) is 1. The van der Waals surface area contributed by atoms with E-state index in [1.165, 1.54) is 0 Å². The van der Waals surface area contributed by atoms with Gasteiger partial charge in [0.2, 0.25) is 5.91 Å². The first-order valence-electron chi connectivity index (χ1n) is 8.23. The quantitative estimate of drug-likeness (QED) is 0.827. The topological polar surface area (TPSA) is 64.6 Å². The molecule has 5 nitrogen and oxygen atoms in total. The number of hydrogen-bond acceptors (Lipinski definition) is 5. The molecule has 0 aliphatic carbocycles. The molecule has 2 heterocycles. The van der Waals surface area contributed by atoms with E-state index in [4.69, 9.17) is 21.1 Å². The number of hydrogen-bond donors (Lipinski definition) is 1. The first-order valence-corrected chi connectivity index (χ1v) is 9.49. The van der Waals surface area contributed by atoms with E-state index in [1.807, 2.05) is 37.3 Å². The van der Waals surface area contributed by atoms with Gasteiger partial charge in [-0.25, -0.2) is 0 Å². The van der Waals surface area contributed by atoms with Gasteiger partial charge in [0.25, 0.3) is 5.24 Å². The summed E-state index contributed by atoms with van der Waals surface area (Å²) in [5, 5.41) is 2.19. The molecule has 26 heavy (non-hydrogen) atoms. The maximum Gasteiger partial charge on any atom is 0.286 e. The van der Waals surface area contributed by atoms with Crippen LogP contribution >= 0.6 is 23.4 Å². The number of carbonyl (C=O) groups is 2. The van der Waals surface area contributed by atoms with Crippen molar-refractivity contribution in [2.24, 2.45) is 0 Å². The van der Waals surface area contributed by atoms with Gasteiger partial charge in [-0.05, 0) is 42.7 Å². The molecular weight excluding hydrogens is 374 g/mol. The fourth-order valence-corrected chi connectivity index (χ4v) is 4.50. The molecule has 2 aliphatic rings. The molecule has 7 heteroatoms. The van der Waals surface area contributed by atoms with Crippen LogP contribution in [0.3, 0.4) is 0 Å². The fraction of sp³-hybridized carbons (Fsp3) is 0.263. The Morgan fingerprint density at radius 2 is 2.08 bits per heavy atom. The molecule has 4 rings (SSSR count). The lowest BCUT2D eigenvalue weighted by molar-refractivity contribution is -0.119. The van der Waals surface area contributed by atoms with Crippen molar-refractivity contribution in [1.29, 1.82) is 0 Å². The van der Waals surface area contributed by atoms with Crippen LogP contribution in [0.25, 0.3) is 0 Å². The zero-order valence-electron chi connectivity index (χ0n) is 14.0. The Hall–Kier alpha value is -2.18. The van der Waals surface area contributed by atoms with Gasteiger partial charge in [-0.15, -0.1) is 0 Å². The summed E-state index contributed by atoms with van der Waals surface area (Å²) in [7, 11) is 0. The second-order valence-electron chi connectivity index (χ2n) is 6.29. The Morgan fingerprint density at radius 3 is 2.81 bits per heavy atom. The van der Waals surface area contributed by atoms with E-state index < -0.39 is 5.25 Å². The summed E-state index contributed by atoms with van der Waals surface area (Å²) in [6, 6.07) is 11.1. The molecule has 0 radical (unpaired) electrons. The van der Waals surface area contributed by atoms with E-state index in [2.05, 4.69) is 5.32 Å². The van der Waals surface area contributed by atoms with Gasteiger partial charge in [0.15, 0.2) is 0 Å². The monoisotopic (exact) mass is 389 g/mol. The molecule has 0 spiro atoms. The number of thioether (sulfide) groups is 1. The number of rotatable bonds is 3. The molecule has 1 fully saturated rings. The van der Waals surface area contributed by atoms with Crippen LogP contribution in [0.1, 0.15) is 23.5 Å². The normalized spacial score (nSPS) is 21.8. The average molecular weight is 390 g/mol. The number of ether oxygens (including phenoxy) is 2. The molecule has 2 unspecified atom stereocenters. The fourth-order valence-electron chi connectivity index (χ4n) is 3.23. The molecule has 134 valence electrons. The number of fused-ring (bicyclic) bond motifs is 1. The van der Waals surface area contributed by atoms with Gasteiger partial charge in [0, 0.05) is 12.0 Å². The molecule has 1 saturated heterocycles. The molecule has 2 aromatic carbocycles. The van der Waals surface area contributed by atoms with Gasteiger partial charge < -0.3 is 9.47 Å². The zero-order chi connectivity index (χ0) is 18.3. The number of aryl methyl sites for hydroxylation is 1. The summed E-state index contributed by atoms with van der Waals surface area (Å²) in [4.78, 5) is 23.5. The average Bonchev–Trinajstić information content (AvgIpc) is 2.95. The van der Waals surface area contributed by atoms with E-state index >= 15 is 0 Å². The van der Waals surface area contributed by atoms with E-state index in [0.717, 1.165) is 22.9 Å². The number of halogens is 1. The summed E-state index contributed by atoms with van der Waals surface area (Å²) in [5.41, 5.74) is 1.97. The second-order valence-corrected chi connectivity index (χ2v) is 7.82. The smallest absolute Gasteiger partial charge is 0.286 e. The van der Waals surface area contributed by atoms with Crippen molar-refractivity contribution in [3.05, 3.63) is 52.5 Å². The van der Waals surface area contributed by atoms with Crippen molar-refractivity contribution < 1.29 is 19.1 Å². The zero-order valence-corrected chi connectivity index (χ0v) is 15.5. The summed E-state index contributed by atoms with van der Waals surface area (Å²) < 4.78 is 11.6. The maximum absolute atomic E-state index is 12.0. The van der Waals surface area contributed by atoms with Crippen LogP contribution < -0.4 is 14.8 Å². The third-order valence-corrected chi connectivity index (χ3v) is 5.88. The highest BCUT2D eigenvalue weighted by atomic mass is 35.5. The lowest BCUT2D eigenvalue weighted by Gasteiger charge is -2.28. The molecule has 2 atom stereocenters. The van der Waals surface area contributed by atoms with Crippen LogP contribution in [-0.4, -0.2) is 23.0 Å². The van der Waals surface area contributed by atoms with Crippen LogP contribution in [0.15, 0.2) is 36.4 Å². The SMILES string of the molecule is Cc1ccc(Oc2ccc3c(c2)OCCC3C2SC(=O)NC2=O)c(Cl)c1. The Bertz CT molecular complexity index is 901. The van der Waals surface area contributed by atoms with Crippen LogP contribution in [0.4, 0.5) is 4.79 Å². The van der Waals surface area contributed by atoms with Gasteiger partial charge in [-0.3, -0.25) is 14.9 Å². The van der Waals surface area contributed by atoms with E-state index in [-0.39, 0.29) is 17.1 Å². The minimum Gasteiger partial charge on any atom is -0.493 e. The Balaban J connectivity index is 1.60. The summed E-state index contributed by atoms with van der Waals surface area (Å²) >= 11 is 7.28. The van der Waals surface area contributed by atoms with Crippen LogP contribution in [-0.2, 0) is 4.79 Å². The van der Waals surface area contributed by atoms with Crippen LogP contribution in [0.2, 0.25) is 5.02 Å². The molecular formula is C19H16ClNO4S. The number of carbonyl (C=O) groups excluding carboxylic acids is 2. The third kappa shape index (κ3) is 3.27. The van der Waals surface area contributed by atoms with Crippen molar-refractivity contribution in [3.63, 3.8) is 0 Å². The highest BCUT2D eigenvalue weighted by Gasteiger charge is 2.40. The van der Waals surface area contributed by atoms with E-state index in [9.17, 15) is 9.59 Å². The minimum absolute atomic E-state index is 0.0628. The molecule has 2 aliphatic heterocycles. The molecule has 0 aromatic heterocycles. The molecule has 0 bridgehead atoms. The van der Waals surface area contributed by atoms with Crippen molar-refractivity contribution in [2.75, 3.05) is 6.61 Å². The number of imide groups is 1. The van der Waals surface area contributed by atoms with Gasteiger partial charge in [0.1, 0.15) is 22.5 Å². The maximum atomic E-state index is 12.0. The predicted molar refractivity (Wildman–Crippen MR) is 100 cm³/mol. The Kier molecular flexibility index (Phi) is 4.54. The third-order valence-electron chi connectivity index (χ3n) is 4.47. The lowest BCUT2D eigenvalue weighted by atomic mass is 9.89. The Labute approximate surface area is 160 Å². The largest absolute Gasteiger partial charge is 0.493 e. The molecule has 2 aromatic rings.